The van der Waals surface area contributed by atoms with Crippen LogP contribution in [-0.4, -0.2) is 4.98 Å². The van der Waals surface area contributed by atoms with Crippen LogP contribution >= 0.6 is 46.1 Å². The normalized spacial score (nSPS) is 12.5. The number of hydrogen-bond acceptors (Lipinski definition) is 3. The minimum absolute atomic E-state index is 0.105. The zero-order chi connectivity index (χ0) is 13.3. The Kier molecular flexibility index (Phi) is 4.38. The lowest BCUT2D eigenvalue weighted by Crippen LogP contribution is -2.08. The Morgan fingerprint density at radius 3 is 2.56 bits per heavy atom. The summed E-state index contributed by atoms with van der Waals surface area (Å²) in [5.74, 6) is 0. The highest BCUT2D eigenvalue weighted by Crippen LogP contribution is 2.32. The Morgan fingerprint density at radius 1 is 1.28 bits per heavy atom. The fraction of sp³-hybridized carbons (Fsp3) is 0.250. The van der Waals surface area contributed by atoms with Crippen LogP contribution in [-0.2, 0) is 0 Å². The Hall–Kier alpha value is -0.480. The average molecular weight is 322 g/mol. The highest BCUT2D eigenvalue weighted by molar-refractivity contribution is 7.14. The van der Waals surface area contributed by atoms with E-state index in [1.807, 2.05) is 25.3 Å². The summed E-state index contributed by atoms with van der Waals surface area (Å²) in [7, 11) is 0. The van der Waals surface area contributed by atoms with E-state index in [1.165, 1.54) is 11.3 Å². The maximum absolute atomic E-state index is 6.09. The lowest BCUT2D eigenvalue weighted by molar-refractivity contribution is 0.886. The quantitative estimate of drug-likeness (QED) is 0.746. The second kappa shape index (κ2) is 5.66. The Labute approximate surface area is 125 Å². The molecule has 2 rings (SSSR count). The summed E-state index contributed by atoms with van der Waals surface area (Å²) < 4.78 is 0.774. The average Bonchev–Trinajstić information content (AvgIpc) is 2.70. The largest absolute Gasteiger partial charge is 0.376 e. The SMILES string of the molecule is Cc1cc(Cl)nc(Cl)c1NC(C)c1csc(Cl)c1. The predicted octanol–water partition coefficient (Wildman–Crippen LogP) is 5.58. The van der Waals surface area contributed by atoms with E-state index >= 15 is 0 Å². The van der Waals surface area contributed by atoms with Crippen LogP contribution in [0.5, 0.6) is 0 Å². The molecule has 0 radical (unpaired) electrons. The van der Waals surface area contributed by atoms with Crippen molar-refractivity contribution in [2.24, 2.45) is 0 Å². The van der Waals surface area contributed by atoms with Gasteiger partial charge in [0.05, 0.1) is 10.0 Å². The number of aromatic nitrogens is 1. The van der Waals surface area contributed by atoms with Crippen molar-refractivity contribution in [2.75, 3.05) is 5.32 Å². The van der Waals surface area contributed by atoms with Crippen molar-refractivity contribution >= 4 is 51.8 Å². The Bertz CT molecular complexity index is 545. The number of halogens is 3. The molecule has 0 amide bonds. The Morgan fingerprint density at radius 2 is 2.00 bits per heavy atom. The van der Waals surface area contributed by atoms with Crippen LogP contribution in [0.15, 0.2) is 17.5 Å². The minimum atomic E-state index is 0.105. The van der Waals surface area contributed by atoms with Crippen molar-refractivity contribution in [1.29, 1.82) is 0 Å². The molecular weight excluding hydrogens is 311 g/mol. The summed E-state index contributed by atoms with van der Waals surface area (Å²) in [6, 6.07) is 3.83. The van der Waals surface area contributed by atoms with E-state index < -0.39 is 0 Å². The van der Waals surface area contributed by atoms with Crippen molar-refractivity contribution in [2.45, 2.75) is 19.9 Å². The molecule has 0 bridgehead atoms. The summed E-state index contributed by atoms with van der Waals surface area (Å²) >= 11 is 19.4. The third kappa shape index (κ3) is 3.09. The van der Waals surface area contributed by atoms with Crippen LogP contribution in [0.4, 0.5) is 5.69 Å². The van der Waals surface area contributed by atoms with Gasteiger partial charge in [-0.3, -0.25) is 0 Å². The first-order chi connectivity index (χ1) is 8.47. The third-order valence-corrected chi connectivity index (χ3v) is 4.17. The molecule has 2 aromatic rings. The van der Waals surface area contributed by atoms with Crippen molar-refractivity contribution < 1.29 is 0 Å². The number of aryl methyl sites for hydroxylation is 1. The van der Waals surface area contributed by atoms with Crippen LogP contribution in [0.3, 0.4) is 0 Å². The number of nitrogens with one attached hydrogen (secondary N) is 1. The molecule has 2 nitrogen and oxygen atoms in total. The first-order valence-electron chi connectivity index (χ1n) is 5.30. The van der Waals surface area contributed by atoms with E-state index in [1.54, 1.807) is 6.07 Å². The molecule has 0 aromatic carbocycles. The molecule has 6 heteroatoms. The second-order valence-electron chi connectivity index (χ2n) is 3.98. The molecule has 0 spiro atoms. The molecule has 0 saturated carbocycles. The molecule has 2 aromatic heterocycles. The summed E-state index contributed by atoms with van der Waals surface area (Å²) in [6.45, 7) is 3.98. The lowest BCUT2D eigenvalue weighted by atomic mass is 10.1. The van der Waals surface area contributed by atoms with Crippen LogP contribution in [0.25, 0.3) is 0 Å². The summed E-state index contributed by atoms with van der Waals surface area (Å²) in [5, 5.41) is 6.13. The lowest BCUT2D eigenvalue weighted by Gasteiger charge is -2.17. The molecule has 0 aliphatic carbocycles. The molecule has 0 fully saturated rings. The molecule has 1 N–H and O–H groups in total. The van der Waals surface area contributed by atoms with Crippen LogP contribution in [0.1, 0.15) is 24.1 Å². The van der Waals surface area contributed by atoms with Gasteiger partial charge < -0.3 is 5.32 Å². The van der Waals surface area contributed by atoms with Crippen LogP contribution in [0, 0.1) is 6.92 Å². The van der Waals surface area contributed by atoms with Gasteiger partial charge in [0.2, 0.25) is 0 Å². The van der Waals surface area contributed by atoms with Gasteiger partial charge in [0, 0.05) is 6.04 Å². The monoisotopic (exact) mass is 320 g/mol. The molecule has 2 heterocycles. The van der Waals surface area contributed by atoms with Gasteiger partial charge in [-0.25, -0.2) is 4.98 Å². The molecule has 96 valence electrons. The third-order valence-electron chi connectivity index (χ3n) is 2.59. The zero-order valence-corrected chi connectivity index (χ0v) is 12.9. The van der Waals surface area contributed by atoms with Gasteiger partial charge in [0.1, 0.15) is 5.15 Å². The fourth-order valence-corrected chi connectivity index (χ4v) is 3.19. The standard InChI is InChI=1S/C12H11Cl3N2S/c1-6-3-9(13)17-12(15)11(6)16-7(2)8-4-10(14)18-5-8/h3-5,7,16H,1-2H3. The van der Waals surface area contributed by atoms with Crippen molar-refractivity contribution in [3.63, 3.8) is 0 Å². The van der Waals surface area contributed by atoms with E-state index in [2.05, 4.69) is 10.3 Å². The second-order valence-corrected chi connectivity index (χ2v) is 6.27. The molecule has 18 heavy (non-hydrogen) atoms. The van der Waals surface area contributed by atoms with E-state index in [0.29, 0.717) is 10.3 Å². The zero-order valence-electron chi connectivity index (χ0n) is 9.80. The molecule has 0 saturated heterocycles. The van der Waals surface area contributed by atoms with Gasteiger partial charge in [-0.15, -0.1) is 11.3 Å². The molecule has 1 unspecified atom stereocenters. The van der Waals surface area contributed by atoms with E-state index in [0.717, 1.165) is 21.2 Å². The van der Waals surface area contributed by atoms with Crippen LogP contribution < -0.4 is 5.32 Å². The number of hydrogen-bond donors (Lipinski definition) is 1. The highest BCUT2D eigenvalue weighted by atomic mass is 35.5. The van der Waals surface area contributed by atoms with E-state index in [-0.39, 0.29) is 6.04 Å². The molecule has 0 aliphatic rings. The fourth-order valence-electron chi connectivity index (χ4n) is 1.62. The van der Waals surface area contributed by atoms with Crippen molar-refractivity contribution in [3.8, 4) is 0 Å². The topological polar surface area (TPSA) is 24.9 Å². The first-order valence-corrected chi connectivity index (χ1v) is 7.32. The smallest absolute Gasteiger partial charge is 0.154 e. The van der Waals surface area contributed by atoms with Crippen molar-refractivity contribution in [3.05, 3.63) is 43.3 Å². The highest BCUT2D eigenvalue weighted by Gasteiger charge is 2.13. The van der Waals surface area contributed by atoms with Gasteiger partial charge in [0.25, 0.3) is 0 Å². The maximum Gasteiger partial charge on any atom is 0.154 e. The van der Waals surface area contributed by atoms with E-state index in [9.17, 15) is 0 Å². The van der Waals surface area contributed by atoms with Gasteiger partial charge >= 0.3 is 0 Å². The molecule has 0 aliphatic heterocycles. The number of anilines is 1. The van der Waals surface area contributed by atoms with Gasteiger partial charge in [-0.05, 0) is 42.5 Å². The van der Waals surface area contributed by atoms with Gasteiger partial charge in [-0.1, -0.05) is 34.8 Å². The van der Waals surface area contributed by atoms with Gasteiger partial charge in [0.15, 0.2) is 5.15 Å². The number of rotatable bonds is 3. The van der Waals surface area contributed by atoms with E-state index in [4.69, 9.17) is 34.8 Å². The number of thiophene rings is 1. The molecular formula is C12H11Cl3N2S. The number of pyridine rings is 1. The summed E-state index contributed by atoms with van der Waals surface area (Å²) in [5.41, 5.74) is 2.89. The first kappa shape index (κ1) is 13.9. The predicted molar refractivity (Wildman–Crippen MR) is 80.4 cm³/mol. The maximum atomic E-state index is 6.09. The molecule has 1 atom stereocenters. The number of nitrogens with zero attached hydrogens (tertiary/aromatic N) is 1. The van der Waals surface area contributed by atoms with Crippen LogP contribution in [0.2, 0.25) is 14.6 Å². The van der Waals surface area contributed by atoms with Gasteiger partial charge in [-0.2, -0.15) is 0 Å². The summed E-state index contributed by atoms with van der Waals surface area (Å²) in [6.07, 6.45) is 0. The summed E-state index contributed by atoms with van der Waals surface area (Å²) in [4.78, 5) is 4.03. The minimum Gasteiger partial charge on any atom is -0.376 e. The van der Waals surface area contributed by atoms with Crippen molar-refractivity contribution in [1.82, 2.24) is 4.98 Å². The Balaban J connectivity index is 2.24.